The topological polar surface area (TPSA) is 78.9 Å². The number of hydrogen-bond donors (Lipinski definition) is 0. The summed E-state index contributed by atoms with van der Waals surface area (Å²) >= 11 is 0. The molecule has 1 heterocycles. The first kappa shape index (κ1) is 12.8. The lowest BCUT2D eigenvalue weighted by molar-refractivity contribution is -0.146. The number of para-hydroxylation sites is 1. The normalized spacial score (nSPS) is 14.4. The van der Waals surface area contributed by atoms with E-state index in [1.807, 2.05) is 0 Å². The number of carbonyl (C=O) groups excluding carboxylic acids is 3. The van der Waals surface area contributed by atoms with Gasteiger partial charge in [0.25, 0.3) is 5.78 Å². The summed E-state index contributed by atoms with van der Waals surface area (Å²) in [6, 6.07) is 6.56. The molecule has 98 valence electrons. The van der Waals surface area contributed by atoms with Gasteiger partial charge in [-0.2, -0.15) is 0 Å². The molecule has 0 spiro atoms. The maximum atomic E-state index is 11.6. The first-order valence-electron chi connectivity index (χ1n) is 5.32. The largest absolute Gasteiger partial charge is 0.496 e. The lowest BCUT2D eigenvalue weighted by Gasteiger charge is -2.08. The first-order valence-corrected chi connectivity index (χ1v) is 5.32. The molecule has 0 fully saturated rings. The number of rotatable bonds is 3. The molecule has 0 unspecified atom stereocenters. The molecule has 1 aromatic carbocycles. The van der Waals surface area contributed by atoms with Crippen LogP contribution >= 0.6 is 0 Å². The Kier molecular flexibility index (Phi) is 3.33. The highest BCUT2D eigenvalue weighted by molar-refractivity contribution is 6.51. The Balaban J connectivity index is 2.63. The van der Waals surface area contributed by atoms with Crippen molar-refractivity contribution in [3.05, 3.63) is 35.4 Å². The predicted octanol–water partition coefficient (Wildman–Crippen LogP) is 0.705. The molecule has 1 aromatic rings. The monoisotopic (exact) mass is 262 g/mol. The van der Waals surface area contributed by atoms with Crippen molar-refractivity contribution >= 4 is 23.5 Å². The number of benzene rings is 1. The third-order valence-corrected chi connectivity index (χ3v) is 2.58. The molecule has 2 rings (SSSR count). The molecule has 0 radical (unpaired) electrons. The molecule has 0 atom stereocenters. The number of hydrogen-bond acceptors (Lipinski definition) is 6. The van der Waals surface area contributed by atoms with Gasteiger partial charge < -0.3 is 14.2 Å². The first-order chi connectivity index (χ1) is 9.10. The fraction of sp³-hybridized carbons (Fsp3) is 0.154. The Morgan fingerprint density at radius 2 is 1.84 bits per heavy atom. The summed E-state index contributed by atoms with van der Waals surface area (Å²) in [6.07, 6.45) is 0. The summed E-state index contributed by atoms with van der Waals surface area (Å²) in [4.78, 5) is 34.5. The second kappa shape index (κ2) is 4.93. The van der Waals surface area contributed by atoms with E-state index in [9.17, 15) is 14.4 Å². The van der Waals surface area contributed by atoms with E-state index >= 15 is 0 Å². The number of ketones is 1. The molecule has 6 heteroatoms. The summed E-state index contributed by atoms with van der Waals surface area (Å²) in [5, 5.41) is 0. The molecule has 6 nitrogen and oxygen atoms in total. The maximum absolute atomic E-state index is 11.6. The summed E-state index contributed by atoms with van der Waals surface area (Å²) in [6.45, 7) is 0. The molecule has 1 aliphatic heterocycles. The Morgan fingerprint density at radius 3 is 2.47 bits per heavy atom. The van der Waals surface area contributed by atoms with E-state index in [1.165, 1.54) is 7.11 Å². The van der Waals surface area contributed by atoms with Crippen LogP contribution in [-0.2, 0) is 23.9 Å². The van der Waals surface area contributed by atoms with Crippen LogP contribution in [0, 0.1) is 0 Å². The fourth-order valence-corrected chi connectivity index (χ4v) is 1.70. The van der Waals surface area contributed by atoms with Crippen molar-refractivity contribution in [2.75, 3.05) is 14.2 Å². The van der Waals surface area contributed by atoms with Crippen LogP contribution in [0.5, 0.6) is 5.75 Å². The quantitative estimate of drug-likeness (QED) is 0.453. The minimum Gasteiger partial charge on any atom is -0.496 e. The standard InChI is InChI=1S/C13H10O6/c1-17-8-6-4-3-5-7(8)11-9(12(15)18-2)10(14)13(16)19-11/h3-6H,1-2H3. The Morgan fingerprint density at radius 1 is 1.16 bits per heavy atom. The molecule has 0 saturated heterocycles. The minimum absolute atomic E-state index is 0.140. The lowest BCUT2D eigenvalue weighted by Crippen LogP contribution is -2.16. The zero-order valence-corrected chi connectivity index (χ0v) is 10.3. The second-order valence-corrected chi connectivity index (χ2v) is 3.61. The zero-order valence-electron chi connectivity index (χ0n) is 10.3. The lowest BCUT2D eigenvalue weighted by atomic mass is 10.1. The van der Waals surface area contributed by atoms with E-state index < -0.39 is 23.3 Å². The van der Waals surface area contributed by atoms with Gasteiger partial charge in [0.2, 0.25) is 0 Å². The third kappa shape index (κ3) is 2.08. The highest BCUT2D eigenvalue weighted by atomic mass is 16.6. The predicted molar refractivity (Wildman–Crippen MR) is 63.0 cm³/mol. The van der Waals surface area contributed by atoms with Gasteiger partial charge in [-0.1, -0.05) is 12.1 Å². The summed E-state index contributed by atoms with van der Waals surface area (Å²) in [7, 11) is 2.54. The van der Waals surface area contributed by atoms with Gasteiger partial charge in [0.05, 0.1) is 19.8 Å². The Hall–Kier alpha value is -2.63. The van der Waals surface area contributed by atoms with Crippen molar-refractivity contribution in [3.63, 3.8) is 0 Å². The SMILES string of the molecule is COC(=O)C1=C(c2ccccc2OC)OC(=O)C1=O. The smallest absolute Gasteiger partial charge is 0.385 e. The molecule has 0 saturated carbocycles. The fourth-order valence-electron chi connectivity index (χ4n) is 1.70. The van der Waals surface area contributed by atoms with Crippen LogP contribution in [0.1, 0.15) is 5.56 Å². The van der Waals surface area contributed by atoms with Gasteiger partial charge in [0.15, 0.2) is 11.3 Å². The van der Waals surface area contributed by atoms with Crippen LogP contribution in [0.15, 0.2) is 29.8 Å². The van der Waals surface area contributed by atoms with Gasteiger partial charge in [0.1, 0.15) is 5.75 Å². The zero-order chi connectivity index (χ0) is 14.0. The van der Waals surface area contributed by atoms with E-state index in [0.717, 1.165) is 7.11 Å². The van der Waals surface area contributed by atoms with Gasteiger partial charge in [-0.15, -0.1) is 0 Å². The number of cyclic esters (lactones) is 1. The van der Waals surface area contributed by atoms with Gasteiger partial charge in [-0.25, -0.2) is 9.59 Å². The molecule has 0 aromatic heterocycles. The number of ether oxygens (including phenoxy) is 3. The highest BCUT2D eigenvalue weighted by Gasteiger charge is 2.40. The van der Waals surface area contributed by atoms with Gasteiger partial charge in [0, 0.05) is 0 Å². The molecule has 0 N–H and O–H groups in total. The van der Waals surface area contributed by atoms with Crippen molar-refractivity contribution in [2.45, 2.75) is 0 Å². The number of Topliss-reactive ketones (excluding diaryl/α,β-unsaturated/α-hetero) is 1. The van der Waals surface area contributed by atoms with E-state index in [-0.39, 0.29) is 5.76 Å². The van der Waals surface area contributed by atoms with Crippen LogP contribution in [0.2, 0.25) is 0 Å². The Bertz CT molecular complexity index is 599. The molecule has 1 aliphatic rings. The Labute approximate surface area is 108 Å². The summed E-state index contributed by atoms with van der Waals surface area (Å²) < 4.78 is 14.4. The third-order valence-electron chi connectivity index (χ3n) is 2.58. The van der Waals surface area contributed by atoms with Crippen molar-refractivity contribution in [1.29, 1.82) is 0 Å². The number of methoxy groups -OCH3 is 2. The van der Waals surface area contributed by atoms with Crippen LogP contribution in [0.4, 0.5) is 0 Å². The molecule has 0 aliphatic carbocycles. The highest BCUT2D eigenvalue weighted by Crippen LogP contribution is 2.33. The van der Waals surface area contributed by atoms with Gasteiger partial charge in [-0.3, -0.25) is 4.79 Å². The van der Waals surface area contributed by atoms with Gasteiger partial charge >= 0.3 is 11.9 Å². The molecular weight excluding hydrogens is 252 g/mol. The van der Waals surface area contributed by atoms with Crippen molar-refractivity contribution in [3.8, 4) is 5.75 Å². The van der Waals surface area contributed by atoms with Crippen LogP contribution in [-0.4, -0.2) is 31.9 Å². The van der Waals surface area contributed by atoms with Crippen molar-refractivity contribution < 1.29 is 28.6 Å². The van der Waals surface area contributed by atoms with Crippen molar-refractivity contribution in [2.24, 2.45) is 0 Å². The van der Waals surface area contributed by atoms with Crippen LogP contribution in [0.25, 0.3) is 5.76 Å². The molecular formula is C13H10O6. The molecule has 19 heavy (non-hydrogen) atoms. The van der Waals surface area contributed by atoms with E-state index in [0.29, 0.717) is 11.3 Å². The summed E-state index contributed by atoms with van der Waals surface area (Å²) in [5.74, 6) is -2.81. The van der Waals surface area contributed by atoms with E-state index in [1.54, 1.807) is 24.3 Å². The number of carbonyl (C=O) groups is 3. The van der Waals surface area contributed by atoms with E-state index in [4.69, 9.17) is 9.47 Å². The van der Waals surface area contributed by atoms with Crippen molar-refractivity contribution in [1.82, 2.24) is 0 Å². The van der Waals surface area contributed by atoms with E-state index in [2.05, 4.69) is 4.74 Å². The average molecular weight is 262 g/mol. The minimum atomic E-state index is -1.11. The van der Waals surface area contributed by atoms with Crippen LogP contribution < -0.4 is 4.74 Å². The maximum Gasteiger partial charge on any atom is 0.385 e. The average Bonchev–Trinajstić information content (AvgIpc) is 2.74. The van der Waals surface area contributed by atoms with Crippen LogP contribution in [0.3, 0.4) is 0 Å². The molecule has 0 amide bonds. The van der Waals surface area contributed by atoms with Gasteiger partial charge in [-0.05, 0) is 12.1 Å². The molecule has 0 bridgehead atoms. The second-order valence-electron chi connectivity index (χ2n) is 3.61. The number of esters is 2. The summed E-state index contributed by atoms with van der Waals surface area (Å²) in [5.41, 5.74) is -0.0819.